The van der Waals surface area contributed by atoms with Gasteiger partial charge in [-0.15, -0.1) is 5.73 Å². The molecule has 0 amide bonds. The van der Waals surface area contributed by atoms with Crippen LogP contribution in [0.5, 0.6) is 0 Å². The summed E-state index contributed by atoms with van der Waals surface area (Å²) in [5.74, 6) is 0. The molecular formula is C15H22. The molecule has 0 aromatic heterocycles. The smallest absolute Gasteiger partial charge is 0.00598 e. The van der Waals surface area contributed by atoms with E-state index in [1.165, 1.54) is 16.7 Å². The number of rotatable bonds is 5. The topological polar surface area (TPSA) is 0 Å². The monoisotopic (exact) mass is 202 g/mol. The van der Waals surface area contributed by atoms with Crippen LogP contribution in [-0.2, 0) is 0 Å². The van der Waals surface area contributed by atoms with E-state index in [9.17, 15) is 0 Å². The molecule has 0 heteroatoms. The molecule has 0 aliphatic rings. The van der Waals surface area contributed by atoms with Crippen molar-refractivity contribution in [1.82, 2.24) is 0 Å². The van der Waals surface area contributed by atoms with Crippen molar-refractivity contribution in [3.8, 4) is 0 Å². The molecule has 0 N–H and O–H groups in total. The maximum atomic E-state index is 3.62. The summed E-state index contributed by atoms with van der Waals surface area (Å²) in [7, 11) is 0. The molecule has 0 saturated heterocycles. The molecule has 0 aromatic carbocycles. The lowest BCUT2D eigenvalue weighted by Gasteiger charge is -1.95. The van der Waals surface area contributed by atoms with Gasteiger partial charge in [-0.05, 0) is 46.1 Å². The van der Waals surface area contributed by atoms with Gasteiger partial charge in [-0.25, -0.2) is 0 Å². The van der Waals surface area contributed by atoms with E-state index in [1.807, 2.05) is 6.92 Å². The normalized spacial score (nSPS) is 13.1. The van der Waals surface area contributed by atoms with Gasteiger partial charge in [-0.1, -0.05) is 42.0 Å². The Kier molecular flexibility index (Phi) is 7.40. The second kappa shape index (κ2) is 8.08. The lowest BCUT2D eigenvalue weighted by atomic mass is 10.1. The highest BCUT2D eigenvalue weighted by molar-refractivity contribution is 5.20. The molecular weight excluding hydrogens is 180 g/mol. The summed E-state index contributed by atoms with van der Waals surface area (Å²) in [6.07, 6.45) is 10.7. The van der Waals surface area contributed by atoms with Crippen molar-refractivity contribution < 1.29 is 0 Å². The Morgan fingerprint density at radius 3 is 2.40 bits per heavy atom. The zero-order valence-corrected chi connectivity index (χ0v) is 10.4. The van der Waals surface area contributed by atoms with Gasteiger partial charge in [-0.3, -0.25) is 0 Å². The van der Waals surface area contributed by atoms with Crippen LogP contribution >= 0.6 is 0 Å². The highest BCUT2D eigenvalue weighted by Crippen LogP contribution is 2.06. The van der Waals surface area contributed by atoms with Gasteiger partial charge in [0.2, 0.25) is 0 Å². The molecule has 0 rings (SSSR count). The van der Waals surface area contributed by atoms with Crippen LogP contribution in [0.25, 0.3) is 0 Å². The van der Waals surface area contributed by atoms with Crippen molar-refractivity contribution in [2.24, 2.45) is 0 Å². The van der Waals surface area contributed by atoms with E-state index < -0.39 is 0 Å². The highest BCUT2D eigenvalue weighted by atomic mass is 13.9. The van der Waals surface area contributed by atoms with Gasteiger partial charge in [0, 0.05) is 0 Å². The lowest BCUT2D eigenvalue weighted by Crippen LogP contribution is -1.75. The van der Waals surface area contributed by atoms with Crippen LogP contribution in [0, 0.1) is 0 Å². The first kappa shape index (κ1) is 13.7. The molecule has 0 spiro atoms. The van der Waals surface area contributed by atoms with E-state index in [0.29, 0.717) is 0 Å². The van der Waals surface area contributed by atoms with E-state index in [0.717, 1.165) is 12.8 Å². The second-order valence-corrected chi connectivity index (χ2v) is 3.85. The zero-order valence-electron chi connectivity index (χ0n) is 10.4. The molecule has 0 radical (unpaired) electrons. The molecule has 0 fully saturated rings. The van der Waals surface area contributed by atoms with Crippen molar-refractivity contribution in [3.63, 3.8) is 0 Å². The predicted octanol–water partition coefficient (Wildman–Crippen LogP) is 4.97. The zero-order chi connectivity index (χ0) is 11.7. The molecule has 0 heterocycles. The molecule has 15 heavy (non-hydrogen) atoms. The van der Waals surface area contributed by atoms with Gasteiger partial charge < -0.3 is 0 Å². The third kappa shape index (κ3) is 7.78. The fourth-order valence-corrected chi connectivity index (χ4v) is 1.00. The fraction of sp³-hybridized carbons (Fsp3) is 0.400. The third-order valence-corrected chi connectivity index (χ3v) is 2.35. The van der Waals surface area contributed by atoms with Gasteiger partial charge in [-0.2, -0.15) is 0 Å². The third-order valence-electron chi connectivity index (χ3n) is 2.35. The summed E-state index contributed by atoms with van der Waals surface area (Å²) in [6, 6.07) is 0. The maximum absolute atomic E-state index is 3.62. The average molecular weight is 202 g/mol. The largest absolute Gasteiger partial charge is 0.130 e. The minimum atomic E-state index is 0.947. The minimum Gasteiger partial charge on any atom is -0.130 e. The Balaban J connectivity index is 4.12. The molecule has 0 bridgehead atoms. The molecule has 82 valence electrons. The Bertz CT molecular complexity index is 318. The summed E-state index contributed by atoms with van der Waals surface area (Å²) in [5, 5.41) is 0. The Labute approximate surface area is 94.4 Å². The average Bonchev–Trinajstić information content (AvgIpc) is 2.25. The minimum absolute atomic E-state index is 0.947. The van der Waals surface area contributed by atoms with Crippen LogP contribution in [0.3, 0.4) is 0 Å². The van der Waals surface area contributed by atoms with Crippen LogP contribution in [0.4, 0.5) is 0 Å². The molecule has 0 aliphatic heterocycles. The highest BCUT2D eigenvalue weighted by Gasteiger charge is 1.86. The van der Waals surface area contributed by atoms with Crippen molar-refractivity contribution in [3.05, 3.63) is 53.3 Å². The first-order valence-corrected chi connectivity index (χ1v) is 5.40. The Morgan fingerprint density at radius 2 is 1.87 bits per heavy atom. The maximum Gasteiger partial charge on any atom is -0.00598 e. The SMILES string of the molecule is C=C=C(C)C/C=C(C)/C=C/C/C(C)=C/C. The van der Waals surface area contributed by atoms with Gasteiger partial charge >= 0.3 is 0 Å². The van der Waals surface area contributed by atoms with Crippen molar-refractivity contribution in [2.45, 2.75) is 40.5 Å². The van der Waals surface area contributed by atoms with E-state index in [1.54, 1.807) is 0 Å². The molecule has 0 atom stereocenters. The van der Waals surface area contributed by atoms with Gasteiger partial charge in [0.05, 0.1) is 0 Å². The molecule has 0 nitrogen and oxygen atoms in total. The predicted molar refractivity (Wildman–Crippen MR) is 69.9 cm³/mol. The van der Waals surface area contributed by atoms with Gasteiger partial charge in [0.1, 0.15) is 0 Å². The van der Waals surface area contributed by atoms with Crippen molar-refractivity contribution in [2.75, 3.05) is 0 Å². The number of allylic oxidation sites excluding steroid dienone is 7. The summed E-state index contributed by atoms with van der Waals surface area (Å²) in [4.78, 5) is 0. The Morgan fingerprint density at radius 1 is 1.20 bits per heavy atom. The number of hydrogen-bond acceptors (Lipinski definition) is 0. The first-order chi connectivity index (χ1) is 7.10. The lowest BCUT2D eigenvalue weighted by molar-refractivity contribution is 1.18. The fourth-order valence-electron chi connectivity index (χ4n) is 1.00. The molecule has 0 saturated carbocycles. The van der Waals surface area contributed by atoms with Crippen LogP contribution in [0.15, 0.2) is 53.3 Å². The molecule has 0 aromatic rings. The van der Waals surface area contributed by atoms with E-state index >= 15 is 0 Å². The van der Waals surface area contributed by atoms with Crippen LogP contribution in [0.2, 0.25) is 0 Å². The quantitative estimate of drug-likeness (QED) is 0.335. The van der Waals surface area contributed by atoms with Crippen molar-refractivity contribution in [1.29, 1.82) is 0 Å². The van der Waals surface area contributed by atoms with Crippen LogP contribution < -0.4 is 0 Å². The van der Waals surface area contributed by atoms with E-state index in [4.69, 9.17) is 0 Å². The molecule has 0 unspecified atom stereocenters. The summed E-state index contributed by atoms with van der Waals surface area (Å²) < 4.78 is 0. The van der Waals surface area contributed by atoms with Gasteiger partial charge in [0.15, 0.2) is 0 Å². The van der Waals surface area contributed by atoms with Crippen molar-refractivity contribution >= 4 is 0 Å². The van der Waals surface area contributed by atoms with Gasteiger partial charge in [0.25, 0.3) is 0 Å². The standard InChI is InChI=1S/C15H22/c1-6-13(3)9-8-10-15(5)12-11-14(4)7-2/h6,8,10,12H,2,9,11H2,1,3-5H3/b10-8+,13-6+,15-12+. The summed E-state index contributed by atoms with van der Waals surface area (Å²) >= 11 is 0. The molecule has 0 aliphatic carbocycles. The number of hydrogen-bond donors (Lipinski definition) is 0. The van der Waals surface area contributed by atoms with E-state index in [2.05, 4.69) is 57.4 Å². The van der Waals surface area contributed by atoms with Crippen LogP contribution in [0.1, 0.15) is 40.5 Å². The summed E-state index contributed by atoms with van der Waals surface area (Å²) in [5.41, 5.74) is 6.78. The first-order valence-electron chi connectivity index (χ1n) is 5.40. The summed E-state index contributed by atoms with van der Waals surface area (Å²) in [6.45, 7) is 12.0. The Hall–Kier alpha value is -1.26. The van der Waals surface area contributed by atoms with Crippen LogP contribution in [-0.4, -0.2) is 0 Å². The second-order valence-electron chi connectivity index (χ2n) is 3.85. The van der Waals surface area contributed by atoms with E-state index in [-0.39, 0.29) is 0 Å².